The molecule has 3 heteroatoms. The van der Waals surface area contributed by atoms with Gasteiger partial charge in [0.05, 0.1) is 0 Å². The Labute approximate surface area is 82.3 Å². The number of hydrogen-bond donors (Lipinski definition) is 0. The van der Waals surface area contributed by atoms with Gasteiger partial charge in [-0.1, -0.05) is 20.8 Å². The Morgan fingerprint density at radius 2 is 2.00 bits per heavy atom. The minimum absolute atomic E-state index is 0.108. The van der Waals surface area contributed by atoms with Crippen LogP contribution in [0.5, 0.6) is 0 Å². The Balaban J connectivity index is 2.57. The van der Waals surface area contributed by atoms with Gasteiger partial charge in [0.15, 0.2) is 0 Å². The molecule has 0 spiro atoms. The molecule has 0 aromatic carbocycles. The zero-order chi connectivity index (χ0) is 9.35. The lowest BCUT2D eigenvalue weighted by Crippen LogP contribution is -2.32. The van der Waals surface area contributed by atoms with Crippen LogP contribution in [0.15, 0.2) is 0 Å². The van der Waals surface area contributed by atoms with Crippen molar-refractivity contribution in [3.63, 3.8) is 0 Å². The summed E-state index contributed by atoms with van der Waals surface area (Å²) in [6.07, 6.45) is 1.98. The summed E-state index contributed by atoms with van der Waals surface area (Å²) >= 11 is 5.97. The van der Waals surface area contributed by atoms with E-state index < -0.39 is 10.8 Å². The predicted octanol–water partition coefficient (Wildman–Crippen LogP) is 2.76. The zero-order valence-corrected chi connectivity index (χ0v) is 9.54. The maximum Gasteiger partial charge on any atom is 0.109 e. The Hall–Kier alpha value is 0.440. The van der Waals surface area contributed by atoms with E-state index in [9.17, 15) is 4.21 Å². The number of alkyl halides is 1. The van der Waals surface area contributed by atoms with Gasteiger partial charge in [-0.05, 0) is 24.2 Å². The van der Waals surface area contributed by atoms with E-state index in [-0.39, 0.29) is 4.71 Å². The van der Waals surface area contributed by atoms with Gasteiger partial charge in [0.2, 0.25) is 0 Å². The second-order valence-corrected chi connectivity index (χ2v) is 7.11. The van der Waals surface area contributed by atoms with Crippen molar-refractivity contribution in [1.29, 1.82) is 0 Å². The van der Waals surface area contributed by atoms with E-state index in [2.05, 4.69) is 20.8 Å². The Bertz CT molecular complexity index is 185. The molecule has 0 amide bonds. The van der Waals surface area contributed by atoms with E-state index in [4.69, 9.17) is 11.6 Å². The Morgan fingerprint density at radius 1 is 1.42 bits per heavy atom. The molecule has 1 rings (SSSR count). The molecule has 1 fully saturated rings. The van der Waals surface area contributed by atoms with Crippen molar-refractivity contribution >= 4 is 22.4 Å². The highest BCUT2D eigenvalue weighted by molar-refractivity contribution is 7.87. The van der Waals surface area contributed by atoms with E-state index >= 15 is 0 Å². The summed E-state index contributed by atoms with van der Waals surface area (Å²) in [5, 5.41) is 0. The van der Waals surface area contributed by atoms with Gasteiger partial charge in [-0.15, -0.1) is 11.6 Å². The number of halogens is 1. The van der Waals surface area contributed by atoms with Crippen molar-refractivity contribution < 1.29 is 4.21 Å². The van der Waals surface area contributed by atoms with Gasteiger partial charge >= 0.3 is 0 Å². The van der Waals surface area contributed by atoms with Crippen LogP contribution in [-0.2, 0) is 10.8 Å². The average Bonchev–Trinajstić information content (AvgIpc) is 1.92. The summed E-state index contributed by atoms with van der Waals surface area (Å²) in [7, 11) is -0.775. The largest absolute Gasteiger partial charge is 0.258 e. The molecule has 1 aliphatic heterocycles. The van der Waals surface area contributed by atoms with E-state index in [0.29, 0.717) is 11.3 Å². The van der Waals surface area contributed by atoms with Gasteiger partial charge in [-0.2, -0.15) is 0 Å². The van der Waals surface area contributed by atoms with Crippen molar-refractivity contribution in [3.05, 3.63) is 0 Å². The van der Waals surface area contributed by atoms with Crippen LogP contribution < -0.4 is 0 Å². The molecule has 3 unspecified atom stereocenters. The van der Waals surface area contributed by atoms with Gasteiger partial charge in [0.1, 0.15) is 4.71 Å². The summed E-state index contributed by atoms with van der Waals surface area (Å²) in [5.74, 6) is 1.42. The van der Waals surface area contributed by atoms with Gasteiger partial charge in [-0.25, -0.2) is 0 Å². The highest BCUT2D eigenvalue weighted by atomic mass is 35.5. The summed E-state index contributed by atoms with van der Waals surface area (Å²) in [4.78, 5) is 0. The fourth-order valence-corrected chi connectivity index (χ4v) is 3.32. The van der Waals surface area contributed by atoms with Crippen molar-refractivity contribution in [2.45, 2.75) is 38.3 Å². The van der Waals surface area contributed by atoms with Crippen LogP contribution in [0.1, 0.15) is 33.6 Å². The smallest absolute Gasteiger partial charge is 0.109 e. The standard InChI is InChI=1S/C9H17ClOS/c1-9(2,3)7-4-5-12(11)8(10)6-7/h7-8H,4-6H2,1-3H3. The van der Waals surface area contributed by atoms with Crippen molar-refractivity contribution in [1.82, 2.24) is 0 Å². The zero-order valence-electron chi connectivity index (χ0n) is 7.97. The van der Waals surface area contributed by atoms with Crippen LogP contribution in [-0.4, -0.2) is 14.7 Å². The highest BCUT2D eigenvalue weighted by Gasteiger charge is 2.33. The molecule has 3 atom stereocenters. The first-order chi connectivity index (χ1) is 5.41. The fourth-order valence-electron chi connectivity index (χ4n) is 1.62. The summed E-state index contributed by atoms with van der Waals surface area (Å²) in [6, 6.07) is 0. The lowest BCUT2D eigenvalue weighted by atomic mass is 9.77. The molecular weight excluding hydrogens is 192 g/mol. The second kappa shape index (κ2) is 3.67. The second-order valence-electron chi connectivity index (χ2n) is 4.58. The molecule has 0 aromatic rings. The molecular formula is C9H17ClOS. The topological polar surface area (TPSA) is 17.1 Å². The first kappa shape index (κ1) is 10.5. The van der Waals surface area contributed by atoms with Gasteiger partial charge in [0, 0.05) is 16.6 Å². The number of rotatable bonds is 0. The maximum absolute atomic E-state index is 11.2. The van der Waals surface area contributed by atoms with Crippen LogP contribution in [0.25, 0.3) is 0 Å². The number of hydrogen-bond acceptors (Lipinski definition) is 1. The van der Waals surface area contributed by atoms with E-state index in [0.717, 1.165) is 18.6 Å². The molecule has 12 heavy (non-hydrogen) atoms. The average molecular weight is 209 g/mol. The molecule has 0 aromatic heterocycles. The third kappa shape index (κ3) is 2.46. The highest BCUT2D eigenvalue weighted by Crippen LogP contribution is 2.37. The van der Waals surface area contributed by atoms with Crippen LogP contribution in [0.2, 0.25) is 0 Å². The molecule has 1 aliphatic rings. The summed E-state index contributed by atoms with van der Waals surface area (Å²) in [6.45, 7) is 6.69. The van der Waals surface area contributed by atoms with Gasteiger partial charge in [0.25, 0.3) is 0 Å². The van der Waals surface area contributed by atoms with Crippen LogP contribution in [0.4, 0.5) is 0 Å². The third-order valence-corrected chi connectivity index (χ3v) is 4.82. The lowest BCUT2D eigenvalue weighted by molar-refractivity contribution is 0.220. The Kier molecular flexibility index (Phi) is 3.21. The van der Waals surface area contributed by atoms with Crippen LogP contribution >= 0.6 is 11.6 Å². The maximum atomic E-state index is 11.2. The first-order valence-electron chi connectivity index (χ1n) is 4.42. The third-order valence-electron chi connectivity index (χ3n) is 2.65. The molecule has 0 radical (unpaired) electrons. The summed E-state index contributed by atoms with van der Waals surface area (Å²) < 4.78 is 11.1. The molecule has 1 saturated heterocycles. The van der Waals surface area contributed by atoms with E-state index in [1.807, 2.05) is 0 Å². The first-order valence-corrected chi connectivity index (χ1v) is 6.24. The molecule has 0 aliphatic carbocycles. The van der Waals surface area contributed by atoms with Gasteiger partial charge < -0.3 is 0 Å². The Morgan fingerprint density at radius 3 is 2.42 bits per heavy atom. The molecule has 1 heterocycles. The van der Waals surface area contributed by atoms with Gasteiger partial charge in [-0.3, -0.25) is 4.21 Å². The normalized spacial score (nSPS) is 38.2. The molecule has 1 nitrogen and oxygen atoms in total. The van der Waals surface area contributed by atoms with Crippen LogP contribution in [0.3, 0.4) is 0 Å². The minimum atomic E-state index is -0.775. The quantitative estimate of drug-likeness (QED) is 0.560. The van der Waals surface area contributed by atoms with Crippen molar-refractivity contribution in [2.24, 2.45) is 11.3 Å². The molecule has 72 valence electrons. The molecule has 0 saturated carbocycles. The van der Waals surface area contributed by atoms with E-state index in [1.54, 1.807) is 0 Å². The van der Waals surface area contributed by atoms with Crippen LogP contribution in [0, 0.1) is 11.3 Å². The fraction of sp³-hybridized carbons (Fsp3) is 1.00. The van der Waals surface area contributed by atoms with Crippen molar-refractivity contribution in [2.75, 3.05) is 5.75 Å². The van der Waals surface area contributed by atoms with E-state index in [1.165, 1.54) is 0 Å². The monoisotopic (exact) mass is 208 g/mol. The van der Waals surface area contributed by atoms with Crippen molar-refractivity contribution in [3.8, 4) is 0 Å². The SMILES string of the molecule is CC(C)(C)C1CCS(=O)C(Cl)C1. The minimum Gasteiger partial charge on any atom is -0.258 e. The molecule has 0 N–H and O–H groups in total. The molecule has 0 bridgehead atoms. The lowest BCUT2D eigenvalue weighted by Gasteiger charge is -2.35. The summed E-state index contributed by atoms with van der Waals surface area (Å²) in [5.41, 5.74) is 0.317. The predicted molar refractivity (Wildman–Crippen MR) is 54.8 cm³/mol.